The molecule has 90 valence electrons. The van der Waals surface area contributed by atoms with Crippen molar-refractivity contribution in [3.63, 3.8) is 0 Å². The summed E-state index contributed by atoms with van der Waals surface area (Å²) in [4.78, 5) is 7.99. The number of nitrogen functional groups attached to an aromatic ring is 1. The summed E-state index contributed by atoms with van der Waals surface area (Å²) in [6.07, 6.45) is 4.55. The van der Waals surface area contributed by atoms with E-state index < -0.39 is 0 Å². The Labute approximate surface area is 101 Å². The van der Waals surface area contributed by atoms with Crippen LogP contribution in [0.5, 0.6) is 0 Å². The van der Waals surface area contributed by atoms with E-state index in [1.54, 1.807) is 11.3 Å². The topological polar surface area (TPSA) is 54.2 Å². The first-order valence-electron chi connectivity index (χ1n) is 5.73. The minimum Gasteiger partial charge on any atom is -0.300 e. The first kappa shape index (κ1) is 11.8. The predicted octanol–water partition coefficient (Wildman–Crippen LogP) is 2.05. The number of thiazole rings is 1. The van der Waals surface area contributed by atoms with Crippen molar-refractivity contribution in [3.8, 4) is 0 Å². The molecule has 5 heteroatoms. The third kappa shape index (κ3) is 2.93. The molecule has 1 aliphatic rings. The molecule has 4 nitrogen and oxygen atoms in total. The van der Waals surface area contributed by atoms with Crippen LogP contribution in [-0.4, -0.2) is 23.0 Å². The number of nitrogens with two attached hydrogens (primary N) is 1. The highest BCUT2D eigenvalue weighted by atomic mass is 32.1. The zero-order valence-electron chi connectivity index (χ0n) is 9.99. The average Bonchev–Trinajstić information content (AvgIpc) is 2.64. The maximum Gasteiger partial charge on any atom is 0.197 e. The van der Waals surface area contributed by atoms with Crippen molar-refractivity contribution in [1.29, 1.82) is 0 Å². The molecule has 1 fully saturated rings. The van der Waals surface area contributed by atoms with Gasteiger partial charge in [-0.05, 0) is 24.8 Å². The van der Waals surface area contributed by atoms with E-state index in [2.05, 4.69) is 29.2 Å². The maximum atomic E-state index is 5.32. The van der Waals surface area contributed by atoms with Gasteiger partial charge in [0, 0.05) is 24.2 Å². The molecule has 16 heavy (non-hydrogen) atoms. The molecule has 0 spiro atoms. The molecule has 0 aliphatic carbocycles. The number of hydrogen-bond donors (Lipinski definition) is 2. The Morgan fingerprint density at radius 3 is 3.06 bits per heavy atom. The van der Waals surface area contributed by atoms with E-state index in [4.69, 9.17) is 5.84 Å². The molecule has 0 bridgehead atoms. The lowest BCUT2D eigenvalue weighted by atomic mass is 9.84. The van der Waals surface area contributed by atoms with Gasteiger partial charge in [0.15, 0.2) is 5.13 Å². The van der Waals surface area contributed by atoms with Crippen LogP contribution in [0.25, 0.3) is 0 Å². The fraction of sp³-hybridized carbons (Fsp3) is 0.727. The molecule has 0 saturated carbocycles. The highest BCUT2D eigenvalue weighted by molar-refractivity contribution is 7.15. The van der Waals surface area contributed by atoms with Crippen LogP contribution in [0.3, 0.4) is 0 Å². The largest absolute Gasteiger partial charge is 0.300 e. The lowest BCUT2D eigenvalue weighted by molar-refractivity contribution is 0.112. The second-order valence-electron chi connectivity index (χ2n) is 5.25. The predicted molar refractivity (Wildman–Crippen MR) is 68.2 cm³/mol. The molecule has 2 rings (SSSR count). The van der Waals surface area contributed by atoms with Gasteiger partial charge < -0.3 is 0 Å². The average molecular weight is 240 g/mol. The van der Waals surface area contributed by atoms with Crippen molar-refractivity contribution in [3.05, 3.63) is 11.1 Å². The van der Waals surface area contributed by atoms with Gasteiger partial charge in [-0.15, -0.1) is 0 Å². The van der Waals surface area contributed by atoms with Crippen LogP contribution in [0.2, 0.25) is 0 Å². The zero-order chi connectivity index (χ0) is 11.6. The van der Waals surface area contributed by atoms with Crippen LogP contribution < -0.4 is 11.3 Å². The monoisotopic (exact) mass is 240 g/mol. The van der Waals surface area contributed by atoms with E-state index in [9.17, 15) is 0 Å². The van der Waals surface area contributed by atoms with Crippen molar-refractivity contribution in [2.75, 3.05) is 18.5 Å². The fourth-order valence-corrected chi connectivity index (χ4v) is 3.11. The molecule has 1 aromatic rings. The second-order valence-corrected chi connectivity index (χ2v) is 6.37. The summed E-state index contributed by atoms with van der Waals surface area (Å²) in [5.41, 5.74) is 3.05. The molecule has 1 aromatic heterocycles. The Balaban J connectivity index is 1.94. The normalized spacial score (nSPS) is 20.9. The number of hydrazine groups is 1. The van der Waals surface area contributed by atoms with Gasteiger partial charge in [-0.25, -0.2) is 10.8 Å². The Kier molecular flexibility index (Phi) is 3.47. The molecule has 3 N–H and O–H groups in total. The van der Waals surface area contributed by atoms with Gasteiger partial charge >= 0.3 is 0 Å². The van der Waals surface area contributed by atoms with E-state index in [1.165, 1.54) is 30.8 Å². The summed E-state index contributed by atoms with van der Waals surface area (Å²) in [7, 11) is 0. The first-order valence-corrected chi connectivity index (χ1v) is 6.54. The summed E-state index contributed by atoms with van der Waals surface area (Å²) < 4.78 is 0. The highest BCUT2D eigenvalue weighted by Gasteiger charge is 2.26. The number of rotatable bonds is 3. The van der Waals surface area contributed by atoms with Crippen LogP contribution in [0.1, 0.15) is 31.6 Å². The molecule has 0 radical (unpaired) electrons. The van der Waals surface area contributed by atoms with Gasteiger partial charge in [-0.1, -0.05) is 25.2 Å². The first-order chi connectivity index (χ1) is 7.59. The minimum atomic E-state index is 0.456. The number of piperidine rings is 1. The number of anilines is 1. The van der Waals surface area contributed by atoms with Gasteiger partial charge in [0.05, 0.1) is 0 Å². The third-order valence-corrected chi connectivity index (χ3v) is 3.95. The summed E-state index contributed by atoms with van der Waals surface area (Å²) in [6, 6.07) is 0. The van der Waals surface area contributed by atoms with Crippen LogP contribution in [0.4, 0.5) is 5.13 Å². The van der Waals surface area contributed by atoms with E-state index in [0.717, 1.165) is 11.7 Å². The minimum absolute atomic E-state index is 0.456. The Morgan fingerprint density at radius 2 is 2.44 bits per heavy atom. The molecule has 1 saturated heterocycles. The van der Waals surface area contributed by atoms with Gasteiger partial charge in [-0.3, -0.25) is 10.3 Å². The second kappa shape index (κ2) is 4.69. The van der Waals surface area contributed by atoms with Gasteiger partial charge in [0.1, 0.15) is 0 Å². The van der Waals surface area contributed by atoms with Crippen LogP contribution >= 0.6 is 11.3 Å². The van der Waals surface area contributed by atoms with E-state index >= 15 is 0 Å². The van der Waals surface area contributed by atoms with Crippen molar-refractivity contribution in [2.24, 2.45) is 11.3 Å². The molecule has 2 heterocycles. The SMILES string of the molecule is CC1(C)CCCN(Cc2cnc(NN)s2)C1. The number of nitrogens with zero attached hydrogens (tertiary/aromatic N) is 2. The van der Waals surface area contributed by atoms with E-state index in [0.29, 0.717) is 5.41 Å². The van der Waals surface area contributed by atoms with Crippen molar-refractivity contribution < 1.29 is 0 Å². The number of hydrogen-bond acceptors (Lipinski definition) is 5. The summed E-state index contributed by atoms with van der Waals surface area (Å²) >= 11 is 1.64. The lowest BCUT2D eigenvalue weighted by Gasteiger charge is -2.37. The third-order valence-electron chi connectivity index (χ3n) is 3.04. The van der Waals surface area contributed by atoms with E-state index in [-0.39, 0.29) is 0 Å². The van der Waals surface area contributed by atoms with Gasteiger partial charge in [-0.2, -0.15) is 0 Å². The molecule has 0 aromatic carbocycles. The Morgan fingerprint density at radius 1 is 1.62 bits per heavy atom. The molecule has 0 atom stereocenters. The summed E-state index contributed by atoms with van der Waals surface area (Å²) in [6.45, 7) is 8.07. The smallest absolute Gasteiger partial charge is 0.197 e. The quantitative estimate of drug-likeness (QED) is 0.627. The molecular formula is C11H20N4S. The number of likely N-dealkylation sites (tertiary alicyclic amines) is 1. The number of aromatic nitrogens is 1. The molecule has 0 unspecified atom stereocenters. The van der Waals surface area contributed by atoms with Crippen molar-refractivity contribution in [1.82, 2.24) is 9.88 Å². The van der Waals surface area contributed by atoms with E-state index in [1.807, 2.05) is 6.20 Å². The maximum absolute atomic E-state index is 5.32. The van der Waals surface area contributed by atoms with Gasteiger partial charge in [0.2, 0.25) is 0 Å². The van der Waals surface area contributed by atoms with Crippen molar-refractivity contribution in [2.45, 2.75) is 33.2 Å². The van der Waals surface area contributed by atoms with Gasteiger partial charge in [0.25, 0.3) is 0 Å². The van der Waals surface area contributed by atoms with Crippen LogP contribution in [-0.2, 0) is 6.54 Å². The standard InChI is InChI=1S/C11H20N4S/c1-11(2)4-3-5-15(8-11)7-9-6-13-10(14-12)16-9/h6H,3-5,7-8,12H2,1-2H3,(H,13,14). The zero-order valence-corrected chi connectivity index (χ0v) is 10.8. The Hall–Kier alpha value is -0.650. The van der Waals surface area contributed by atoms with Crippen LogP contribution in [0, 0.1) is 5.41 Å². The Bertz CT molecular complexity index is 348. The highest BCUT2D eigenvalue weighted by Crippen LogP contribution is 2.30. The molecular weight excluding hydrogens is 220 g/mol. The fourth-order valence-electron chi connectivity index (χ4n) is 2.35. The summed E-state index contributed by atoms with van der Waals surface area (Å²) in [5.74, 6) is 5.32. The lowest BCUT2D eigenvalue weighted by Crippen LogP contribution is -2.39. The molecule has 0 amide bonds. The van der Waals surface area contributed by atoms with Crippen molar-refractivity contribution >= 4 is 16.5 Å². The molecule has 1 aliphatic heterocycles. The van der Waals surface area contributed by atoms with Crippen LogP contribution in [0.15, 0.2) is 6.20 Å². The number of nitrogens with one attached hydrogen (secondary N) is 1. The summed E-state index contributed by atoms with van der Waals surface area (Å²) in [5, 5.41) is 0.797.